The summed E-state index contributed by atoms with van der Waals surface area (Å²) in [6.45, 7) is 0.788. The molecule has 1 fully saturated rings. The minimum atomic E-state index is -4.15. The lowest BCUT2D eigenvalue weighted by Gasteiger charge is -2.35. The zero-order chi connectivity index (χ0) is 14.8. The Kier molecular flexibility index (Phi) is 4.17. The van der Waals surface area contributed by atoms with E-state index in [1.165, 1.54) is 4.90 Å². The fourth-order valence-electron chi connectivity index (χ4n) is 2.13. The Labute approximate surface area is 114 Å². The van der Waals surface area contributed by atoms with Crippen LogP contribution in [0, 0.1) is 0 Å². The summed E-state index contributed by atoms with van der Waals surface area (Å²) in [4.78, 5) is 11.4. The molecule has 0 aliphatic carbocycles. The van der Waals surface area contributed by atoms with Crippen LogP contribution in [-0.4, -0.2) is 60.8 Å². The second-order valence-corrected chi connectivity index (χ2v) is 4.60. The molecule has 1 saturated heterocycles. The highest BCUT2D eigenvalue weighted by molar-refractivity contribution is 5.52. The molecule has 2 rings (SSSR count). The Bertz CT molecular complexity index is 456. The van der Waals surface area contributed by atoms with Gasteiger partial charge in [0.15, 0.2) is 0 Å². The highest BCUT2D eigenvalue weighted by atomic mass is 19.4. The number of nitrogens with one attached hydrogen (secondary N) is 1. The number of nitrogens with two attached hydrogens (primary N) is 1. The molecule has 112 valence electrons. The normalized spacial score (nSPS) is 17.3. The minimum absolute atomic E-state index is 0.143. The van der Waals surface area contributed by atoms with Crippen LogP contribution in [-0.2, 0) is 0 Å². The highest BCUT2D eigenvalue weighted by Gasteiger charge is 2.32. The van der Waals surface area contributed by atoms with E-state index in [4.69, 9.17) is 5.73 Å². The lowest BCUT2D eigenvalue weighted by atomic mass is 10.3. The molecular formula is C11H17F3N6. The number of nitrogens with zero attached hydrogens (tertiary/aromatic N) is 4. The zero-order valence-corrected chi connectivity index (χ0v) is 11.1. The fraction of sp³-hybridized carbons (Fsp3) is 0.636. The molecule has 20 heavy (non-hydrogen) atoms. The first kappa shape index (κ1) is 14.6. The lowest BCUT2D eigenvalue weighted by molar-refractivity contribution is -0.146. The number of aromatic nitrogens is 2. The topological polar surface area (TPSA) is 70.3 Å². The highest BCUT2D eigenvalue weighted by Crippen LogP contribution is 2.21. The van der Waals surface area contributed by atoms with E-state index in [2.05, 4.69) is 15.3 Å². The van der Waals surface area contributed by atoms with Crippen molar-refractivity contribution in [3.05, 3.63) is 6.07 Å². The van der Waals surface area contributed by atoms with Crippen molar-refractivity contribution in [1.29, 1.82) is 0 Å². The Balaban J connectivity index is 1.98. The van der Waals surface area contributed by atoms with Gasteiger partial charge in [-0.25, -0.2) is 0 Å². The van der Waals surface area contributed by atoms with Gasteiger partial charge in [0.1, 0.15) is 11.6 Å². The van der Waals surface area contributed by atoms with Crippen molar-refractivity contribution in [3.8, 4) is 0 Å². The molecule has 9 heteroatoms. The molecular weight excluding hydrogens is 273 g/mol. The summed E-state index contributed by atoms with van der Waals surface area (Å²) >= 11 is 0. The van der Waals surface area contributed by atoms with Crippen LogP contribution in [0.2, 0.25) is 0 Å². The SMILES string of the molecule is CNc1cc(N2CCN(CC(F)(F)F)CC2)nc(N)n1. The number of piperazine rings is 1. The second-order valence-electron chi connectivity index (χ2n) is 4.60. The van der Waals surface area contributed by atoms with Crippen LogP contribution in [0.4, 0.5) is 30.8 Å². The average molecular weight is 290 g/mol. The molecule has 2 heterocycles. The summed E-state index contributed by atoms with van der Waals surface area (Å²) in [5.41, 5.74) is 5.60. The standard InChI is InChI=1S/C11H17F3N6/c1-16-8-6-9(18-10(15)17-8)20-4-2-19(3-5-20)7-11(12,13)14/h6H,2-5,7H2,1H3,(H3,15,16,17,18). The van der Waals surface area contributed by atoms with Gasteiger partial charge in [0.2, 0.25) is 5.95 Å². The van der Waals surface area contributed by atoms with Gasteiger partial charge in [0.05, 0.1) is 6.54 Å². The molecule has 1 aliphatic rings. The number of alkyl halides is 3. The zero-order valence-electron chi connectivity index (χ0n) is 11.1. The molecule has 0 amide bonds. The lowest BCUT2D eigenvalue weighted by Crippen LogP contribution is -2.49. The van der Waals surface area contributed by atoms with Gasteiger partial charge in [-0.3, -0.25) is 4.90 Å². The van der Waals surface area contributed by atoms with Crippen LogP contribution in [0.1, 0.15) is 0 Å². The quantitative estimate of drug-likeness (QED) is 0.857. The van der Waals surface area contributed by atoms with E-state index in [1.54, 1.807) is 13.1 Å². The van der Waals surface area contributed by atoms with Crippen LogP contribution >= 0.6 is 0 Å². The number of nitrogen functional groups attached to an aromatic ring is 1. The second kappa shape index (κ2) is 5.70. The summed E-state index contributed by atoms with van der Waals surface area (Å²) in [5, 5.41) is 2.87. The summed E-state index contributed by atoms with van der Waals surface area (Å²) in [7, 11) is 1.72. The van der Waals surface area contributed by atoms with Crippen molar-refractivity contribution in [2.24, 2.45) is 0 Å². The third-order valence-corrected chi connectivity index (χ3v) is 3.09. The number of hydrogen-bond acceptors (Lipinski definition) is 6. The average Bonchev–Trinajstić information content (AvgIpc) is 2.37. The van der Waals surface area contributed by atoms with E-state index in [1.807, 2.05) is 4.90 Å². The molecule has 1 aliphatic heterocycles. The third-order valence-electron chi connectivity index (χ3n) is 3.09. The Hall–Kier alpha value is -1.77. The van der Waals surface area contributed by atoms with Crippen LogP contribution in [0.3, 0.4) is 0 Å². The first-order valence-corrected chi connectivity index (χ1v) is 6.24. The predicted molar refractivity (Wildman–Crippen MR) is 70.7 cm³/mol. The van der Waals surface area contributed by atoms with E-state index in [-0.39, 0.29) is 5.95 Å². The van der Waals surface area contributed by atoms with Crippen molar-refractivity contribution in [2.75, 3.05) is 55.7 Å². The number of anilines is 3. The van der Waals surface area contributed by atoms with Gasteiger partial charge in [0, 0.05) is 39.3 Å². The van der Waals surface area contributed by atoms with E-state index in [0.29, 0.717) is 37.8 Å². The van der Waals surface area contributed by atoms with Gasteiger partial charge in [-0.05, 0) is 0 Å². The van der Waals surface area contributed by atoms with Gasteiger partial charge < -0.3 is 16.0 Å². The summed E-state index contributed by atoms with van der Waals surface area (Å²) < 4.78 is 36.9. The molecule has 0 radical (unpaired) electrons. The van der Waals surface area contributed by atoms with E-state index < -0.39 is 12.7 Å². The fourth-order valence-corrected chi connectivity index (χ4v) is 2.13. The maximum absolute atomic E-state index is 12.3. The van der Waals surface area contributed by atoms with Crippen LogP contribution < -0.4 is 16.0 Å². The van der Waals surface area contributed by atoms with Crippen molar-refractivity contribution in [2.45, 2.75) is 6.18 Å². The van der Waals surface area contributed by atoms with E-state index in [0.717, 1.165) is 0 Å². The molecule has 1 aromatic rings. The van der Waals surface area contributed by atoms with Crippen molar-refractivity contribution >= 4 is 17.6 Å². The van der Waals surface area contributed by atoms with Crippen molar-refractivity contribution in [1.82, 2.24) is 14.9 Å². The first-order chi connectivity index (χ1) is 9.37. The molecule has 0 aromatic carbocycles. The molecule has 0 bridgehead atoms. The summed E-state index contributed by atoms with van der Waals surface area (Å²) in [6.07, 6.45) is -4.15. The molecule has 1 aromatic heterocycles. The van der Waals surface area contributed by atoms with E-state index >= 15 is 0 Å². The number of rotatable bonds is 3. The third kappa shape index (κ3) is 3.86. The molecule has 6 nitrogen and oxygen atoms in total. The summed E-state index contributed by atoms with van der Waals surface area (Å²) in [5.74, 6) is 1.36. The Morgan fingerprint density at radius 2 is 1.90 bits per heavy atom. The Morgan fingerprint density at radius 1 is 1.25 bits per heavy atom. The first-order valence-electron chi connectivity index (χ1n) is 6.24. The van der Waals surface area contributed by atoms with Crippen molar-refractivity contribution < 1.29 is 13.2 Å². The van der Waals surface area contributed by atoms with Gasteiger partial charge in [-0.2, -0.15) is 23.1 Å². The predicted octanol–water partition coefficient (Wildman–Crippen LogP) is 0.785. The Morgan fingerprint density at radius 3 is 2.45 bits per heavy atom. The maximum Gasteiger partial charge on any atom is 0.401 e. The molecule has 3 N–H and O–H groups in total. The van der Waals surface area contributed by atoms with E-state index in [9.17, 15) is 13.2 Å². The van der Waals surface area contributed by atoms with Gasteiger partial charge in [0.25, 0.3) is 0 Å². The number of hydrogen-bond donors (Lipinski definition) is 2. The molecule has 0 spiro atoms. The minimum Gasteiger partial charge on any atom is -0.373 e. The van der Waals surface area contributed by atoms with Crippen LogP contribution in [0.15, 0.2) is 6.07 Å². The molecule has 0 atom stereocenters. The molecule has 0 saturated carbocycles. The van der Waals surface area contributed by atoms with Crippen molar-refractivity contribution in [3.63, 3.8) is 0 Å². The van der Waals surface area contributed by atoms with Gasteiger partial charge >= 0.3 is 6.18 Å². The smallest absolute Gasteiger partial charge is 0.373 e. The molecule has 0 unspecified atom stereocenters. The number of halogens is 3. The van der Waals surface area contributed by atoms with Gasteiger partial charge in [-0.15, -0.1) is 0 Å². The van der Waals surface area contributed by atoms with Crippen LogP contribution in [0.5, 0.6) is 0 Å². The maximum atomic E-state index is 12.3. The summed E-state index contributed by atoms with van der Waals surface area (Å²) in [6, 6.07) is 1.73. The largest absolute Gasteiger partial charge is 0.401 e. The van der Waals surface area contributed by atoms with Crippen LogP contribution in [0.25, 0.3) is 0 Å². The van der Waals surface area contributed by atoms with Gasteiger partial charge in [-0.1, -0.05) is 0 Å². The monoisotopic (exact) mass is 290 g/mol.